The summed E-state index contributed by atoms with van der Waals surface area (Å²) in [5, 5.41) is 0. The van der Waals surface area contributed by atoms with Gasteiger partial charge in [-0.1, -0.05) is 12.1 Å². The summed E-state index contributed by atoms with van der Waals surface area (Å²) in [5.74, 6) is 0.412. The molecule has 1 heterocycles. The molecule has 1 saturated heterocycles. The summed E-state index contributed by atoms with van der Waals surface area (Å²) >= 11 is 0. The number of hydrogen-bond donors (Lipinski definition) is 0. The van der Waals surface area contributed by atoms with Crippen LogP contribution in [0.15, 0.2) is 12.1 Å². The lowest BCUT2D eigenvalue weighted by Crippen LogP contribution is -2.23. The first kappa shape index (κ1) is 11.8. The third kappa shape index (κ3) is 1.94. The molecule has 1 aromatic rings. The van der Waals surface area contributed by atoms with E-state index >= 15 is 0 Å². The van der Waals surface area contributed by atoms with Gasteiger partial charge in [0.2, 0.25) is 0 Å². The second kappa shape index (κ2) is 4.42. The molecular weight excluding hydrogens is 224 g/mol. The molecule has 3 rings (SSSR count). The molecule has 0 spiro atoms. The average molecular weight is 244 g/mol. The summed E-state index contributed by atoms with van der Waals surface area (Å²) in [7, 11) is 0. The minimum Gasteiger partial charge on any atom is -0.462 e. The molecule has 2 heteroatoms. The van der Waals surface area contributed by atoms with Gasteiger partial charge in [0.25, 0.3) is 0 Å². The van der Waals surface area contributed by atoms with Crippen molar-refractivity contribution in [2.45, 2.75) is 58.0 Å². The van der Waals surface area contributed by atoms with Crippen LogP contribution in [0.5, 0.6) is 0 Å². The number of cyclic esters (lactones) is 1. The van der Waals surface area contributed by atoms with Gasteiger partial charge in [-0.25, -0.2) is 0 Å². The average Bonchev–Trinajstić information content (AvgIpc) is 2.77. The van der Waals surface area contributed by atoms with Crippen LogP contribution in [0, 0.1) is 13.8 Å². The maximum absolute atomic E-state index is 11.3. The van der Waals surface area contributed by atoms with Crippen molar-refractivity contribution >= 4 is 5.97 Å². The van der Waals surface area contributed by atoms with Crippen LogP contribution >= 0.6 is 0 Å². The Morgan fingerprint density at radius 1 is 1.11 bits per heavy atom. The van der Waals surface area contributed by atoms with Gasteiger partial charge in [0.1, 0.15) is 6.10 Å². The van der Waals surface area contributed by atoms with Gasteiger partial charge in [-0.05, 0) is 61.8 Å². The van der Waals surface area contributed by atoms with E-state index in [1.54, 1.807) is 0 Å². The largest absolute Gasteiger partial charge is 0.462 e. The number of carbonyl (C=O) groups excluding carboxylic acids is 1. The lowest BCUT2D eigenvalue weighted by atomic mass is 9.78. The van der Waals surface area contributed by atoms with Crippen molar-refractivity contribution in [1.29, 1.82) is 0 Å². The molecule has 0 aromatic heterocycles. The second-order valence-electron chi connectivity index (χ2n) is 5.70. The van der Waals surface area contributed by atoms with Gasteiger partial charge in [-0.2, -0.15) is 0 Å². The number of carbonyl (C=O) groups is 1. The molecule has 0 N–H and O–H groups in total. The van der Waals surface area contributed by atoms with Gasteiger partial charge >= 0.3 is 5.97 Å². The molecule has 2 nitrogen and oxygen atoms in total. The number of rotatable bonds is 1. The highest BCUT2D eigenvalue weighted by Crippen LogP contribution is 2.39. The van der Waals surface area contributed by atoms with Gasteiger partial charge in [0.15, 0.2) is 0 Å². The highest BCUT2D eigenvalue weighted by molar-refractivity contribution is 5.71. The molecular formula is C16H20O2. The molecule has 0 amide bonds. The standard InChI is InChI=1S/C16H20O2/c1-10-8-12-4-3-5-13(14(12)9-11(10)2)15-6-7-16(17)18-15/h8-9,13,15H,3-7H2,1-2H3. The third-order valence-electron chi connectivity index (χ3n) is 4.48. The molecule has 0 saturated carbocycles. The van der Waals surface area contributed by atoms with Crippen molar-refractivity contribution in [2.24, 2.45) is 0 Å². The quantitative estimate of drug-likeness (QED) is 0.707. The van der Waals surface area contributed by atoms with Crippen LogP contribution in [0.1, 0.15) is 53.9 Å². The number of ether oxygens (including phenoxy) is 1. The van der Waals surface area contributed by atoms with Crippen LogP contribution in [0.2, 0.25) is 0 Å². The minimum absolute atomic E-state index is 0.0176. The maximum atomic E-state index is 11.3. The van der Waals surface area contributed by atoms with E-state index in [-0.39, 0.29) is 12.1 Å². The Balaban J connectivity index is 1.96. The fourth-order valence-corrected chi connectivity index (χ4v) is 3.34. The molecule has 0 bridgehead atoms. The summed E-state index contributed by atoms with van der Waals surface area (Å²) in [6.45, 7) is 4.34. The van der Waals surface area contributed by atoms with Crippen LogP contribution < -0.4 is 0 Å². The Hall–Kier alpha value is -1.31. The highest BCUT2D eigenvalue weighted by Gasteiger charge is 2.34. The Morgan fingerprint density at radius 3 is 2.61 bits per heavy atom. The van der Waals surface area contributed by atoms with Crippen molar-refractivity contribution in [3.63, 3.8) is 0 Å². The van der Waals surface area contributed by atoms with Crippen molar-refractivity contribution in [3.05, 3.63) is 34.4 Å². The zero-order valence-electron chi connectivity index (χ0n) is 11.2. The summed E-state index contributed by atoms with van der Waals surface area (Å²) in [6, 6.07) is 4.65. The highest BCUT2D eigenvalue weighted by atomic mass is 16.5. The maximum Gasteiger partial charge on any atom is 0.306 e. The first-order valence-electron chi connectivity index (χ1n) is 6.94. The monoisotopic (exact) mass is 244 g/mol. The van der Waals surface area contributed by atoms with Crippen LogP contribution in [0.3, 0.4) is 0 Å². The SMILES string of the molecule is Cc1cc2c(cc1C)C(C1CCC(=O)O1)CCC2. The van der Waals surface area contributed by atoms with E-state index in [1.807, 2.05) is 0 Å². The predicted molar refractivity (Wildman–Crippen MR) is 70.7 cm³/mol. The third-order valence-corrected chi connectivity index (χ3v) is 4.48. The minimum atomic E-state index is -0.0176. The number of esters is 1. The van der Waals surface area contributed by atoms with E-state index in [0.29, 0.717) is 12.3 Å². The molecule has 96 valence electrons. The summed E-state index contributed by atoms with van der Waals surface area (Å²) in [4.78, 5) is 11.3. The lowest BCUT2D eigenvalue weighted by Gasteiger charge is -2.30. The van der Waals surface area contributed by atoms with Gasteiger partial charge < -0.3 is 4.74 Å². The summed E-state index contributed by atoms with van der Waals surface area (Å²) < 4.78 is 5.49. The van der Waals surface area contributed by atoms with Crippen LogP contribution in [0.4, 0.5) is 0 Å². The van der Waals surface area contributed by atoms with Gasteiger partial charge in [0.05, 0.1) is 0 Å². The Labute approximate surface area is 108 Å². The Kier molecular flexibility index (Phi) is 2.89. The number of aryl methyl sites for hydroxylation is 3. The van der Waals surface area contributed by atoms with E-state index in [0.717, 1.165) is 12.8 Å². The Morgan fingerprint density at radius 2 is 1.89 bits per heavy atom. The molecule has 2 atom stereocenters. The number of hydrogen-bond acceptors (Lipinski definition) is 2. The first-order valence-corrected chi connectivity index (χ1v) is 6.94. The summed E-state index contributed by atoms with van der Waals surface area (Å²) in [6.07, 6.45) is 5.17. The molecule has 1 aliphatic heterocycles. The molecule has 18 heavy (non-hydrogen) atoms. The van der Waals surface area contributed by atoms with Gasteiger partial charge in [0, 0.05) is 12.3 Å². The molecule has 1 aliphatic carbocycles. The first-order chi connectivity index (χ1) is 8.65. The topological polar surface area (TPSA) is 26.3 Å². The van der Waals surface area contributed by atoms with Crippen molar-refractivity contribution in [1.82, 2.24) is 0 Å². The van der Waals surface area contributed by atoms with Crippen LogP contribution in [-0.2, 0) is 16.0 Å². The fourth-order valence-electron chi connectivity index (χ4n) is 3.34. The van der Waals surface area contributed by atoms with Crippen LogP contribution in [0.25, 0.3) is 0 Å². The van der Waals surface area contributed by atoms with Gasteiger partial charge in [-0.3, -0.25) is 4.79 Å². The molecule has 2 aliphatic rings. The van der Waals surface area contributed by atoms with Crippen LogP contribution in [-0.4, -0.2) is 12.1 Å². The van der Waals surface area contributed by atoms with E-state index in [4.69, 9.17) is 4.74 Å². The van der Waals surface area contributed by atoms with Crippen molar-refractivity contribution in [2.75, 3.05) is 0 Å². The molecule has 1 aromatic carbocycles. The second-order valence-corrected chi connectivity index (χ2v) is 5.70. The fraction of sp³-hybridized carbons (Fsp3) is 0.562. The van der Waals surface area contributed by atoms with Crippen molar-refractivity contribution < 1.29 is 9.53 Å². The zero-order valence-corrected chi connectivity index (χ0v) is 11.2. The van der Waals surface area contributed by atoms with Crippen molar-refractivity contribution in [3.8, 4) is 0 Å². The smallest absolute Gasteiger partial charge is 0.306 e. The molecule has 0 radical (unpaired) electrons. The summed E-state index contributed by atoms with van der Waals surface area (Å²) in [5.41, 5.74) is 5.63. The Bertz CT molecular complexity index is 490. The van der Waals surface area contributed by atoms with E-state index in [9.17, 15) is 4.79 Å². The van der Waals surface area contributed by atoms with E-state index in [2.05, 4.69) is 26.0 Å². The van der Waals surface area contributed by atoms with E-state index < -0.39 is 0 Å². The number of benzene rings is 1. The normalized spacial score (nSPS) is 26.9. The number of fused-ring (bicyclic) bond motifs is 1. The molecule has 1 fully saturated rings. The lowest BCUT2D eigenvalue weighted by molar-refractivity contribution is -0.142. The predicted octanol–water partition coefficient (Wildman–Crippen LogP) is 3.43. The zero-order chi connectivity index (χ0) is 12.7. The molecule has 2 unspecified atom stereocenters. The van der Waals surface area contributed by atoms with Gasteiger partial charge in [-0.15, -0.1) is 0 Å². The van der Waals surface area contributed by atoms with E-state index in [1.165, 1.54) is 35.1 Å².